The lowest BCUT2D eigenvalue weighted by Gasteiger charge is -2.09. The second kappa shape index (κ2) is 2.45. The minimum atomic E-state index is 0.487. The van der Waals surface area contributed by atoms with Gasteiger partial charge in [-0.1, -0.05) is 41.1 Å². The lowest BCUT2D eigenvalue weighted by atomic mass is 9.83. The van der Waals surface area contributed by atoms with Crippen LogP contribution in [0.25, 0.3) is 0 Å². The first-order valence-electron chi connectivity index (χ1n) is 4.60. The highest BCUT2D eigenvalue weighted by Crippen LogP contribution is 2.26. The number of hydrogen-bond acceptors (Lipinski definition) is 0. The molecule has 1 nitrogen and oxygen atoms in total. The van der Waals surface area contributed by atoms with Crippen LogP contribution in [-0.2, 0) is 0 Å². The summed E-state index contributed by atoms with van der Waals surface area (Å²) in [5.41, 5.74) is 2.41. The van der Waals surface area contributed by atoms with Gasteiger partial charge in [0.2, 0.25) is 0 Å². The van der Waals surface area contributed by atoms with Gasteiger partial charge in [-0.15, -0.1) is 0 Å². The third-order valence-electron chi connectivity index (χ3n) is 2.72. The van der Waals surface area contributed by atoms with Crippen molar-refractivity contribution in [2.24, 2.45) is 11.8 Å². The first-order valence-corrected chi connectivity index (χ1v) is 4.60. The largest absolute Gasteiger partial charge is 0.312 e. The van der Waals surface area contributed by atoms with Crippen molar-refractivity contribution >= 4 is 11.4 Å². The minimum Gasteiger partial charge on any atom is -0.0928 e. The maximum atomic E-state index is 4.59. The van der Waals surface area contributed by atoms with Gasteiger partial charge >= 0.3 is 11.4 Å². The number of rotatable bonds is 0. The molecule has 1 heteroatoms. The first kappa shape index (κ1) is 6.88. The normalized spacial score (nSPS) is 32.6. The summed E-state index contributed by atoms with van der Waals surface area (Å²) in [5, 5.41) is 0. The van der Waals surface area contributed by atoms with Crippen molar-refractivity contribution in [3.8, 4) is 0 Å². The van der Waals surface area contributed by atoms with Crippen LogP contribution >= 0.6 is 0 Å². The Hall–Kier alpha value is -1.59. The molecule has 0 saturated heterocycles. The lowest BCUT2D eigenvalue weighted by Crippen LogP contribution is -2.20. The molecule has 3 aliphatic rings. The zero-order chi connectivity index (χ0) is 8.67. The fourth-order valence-corrected chi connectivity index (χ4v) is 2.08. The molecule has 1 aliphatic heterocycles. The lowest BCUT2D eigenvalue weighted by molar-refractivity contribution is 0.772. The molecule has 1 heterocycles. The van der Waals surface area contributed by atoms with Crippen LogP contribution in [-0.4, -0.2) is 11.4 Å². The molecule has 62 valence electrons. The Balaban J connectivity index is 2.12. The van der Waals surface area contributed by atoms with Crippen LogP contribution in [0.4, 0.5) is 0 Å². The Labute approximate surface area is 77.2 Å². The zero-order valence-corrected chi connectivity index (χ0v) is 7.22. The molecule has 0 fully saturated rings. The van der Waals surface area contributed by atoms with Gasteiger partial charge in [-0.25, -0.2) is 0 Å². The summed E-state index contributed by atoms with van der Waals surface area (Å²) in [5.74, 6) is 0.974. The molecular formula is C12H10N+. The third-order valence-corrected chi connectivity index (χ3v) is 2.72. The van der Waals surface area contributed by atoms with E-state index < -0.39 is 0 Å². The van der Waals surface area contributed by atoms with Gasteiger partial charge in [0.25, 0.3) is 0 Å². The van der Waals surface area contributed by atoms with Gasteiger partial charge < -0.3 is 0 Å². The molecule has 0 N–H and O–H groups in total. The van der Waals surface area contributed by atoms with E-state index in [1.165, 1.54) is 11.4 Å². The monoisotopic (exact) mass is 168 g/mol. The van der Waals surface area contributed by atoms with Crippen molar-refractivity contribution in [3.63, 3.8) is 0 Å². The summed E-state index contributed by atoms with van der Waals surface area (Å²) in [7, 11) is 0. The standard InChI is InChI=1S/C12H10N/c1-3-7-11-9(5-1)10-6-2-4-8-12(10)13-11/h1-10H/q+1/t9-,10-/m1/s1. The Bertz CT molecular complexity index is 388. The second-order valence-electron chi connectivity index (χ2n) is 3.50. The topological polar surface area (TPSA) is 14.1 Å². The van der Waals surface area contributed by atoms with E-state index in [0.29, 0.717) is 11.8 Å². The number of hydrogen-bond donors (Lipinski definition) is 0. The molecule has 2 aliphatic carbocycles. The van der Waals surface area contributed by atoms with Gasteiger partial charge in [0, 0.05) is 12.2 Å². The average Bonchev–Trinajstić information content (AvgIpc) is 2.56. The predicted octanol–water partition coefficient (Wildman–Crippen LogP) is 1.43. The Morgan fingerprint density at radius 1 is 0.769 bits per heavy atom. The Morgan fingerprint density at radius 2 is 1.31 bits per heavy atom. The van der Waals surface area contributed by atoms with Crippen LogP contribution in [0.1, 0.15) is 0 Å². The van der Waals surface area contributed by atoms with Crippen LogP contribution in [0.2, 0.25) is 0 Å². The molecule has 2 atom stereocenters. The molecule has 13 heavy (non-hydrogen) atoms. The number of allylic oxidation sites excluding steroid dienone is 8. The van der Waals surface area contributed by atoms with Gasteiger partial charge in [-0.05, 0) is 0 Å². The summed E-state index contributed by atoms with van der Waals surface area (Å²) >= 11 is 0. The van der Waals surface area contributed by atoms with Gasteiger partial charge in [-0.2, -0.15) is 0 Å². The summed E-state index contributed by atoms with van der Waals surface area (Å²) in [6, 6.07) is 0. The van der Waals surface area contributed by atoms with E-state index >= 15 is 0 Å². The number of nitrogens with zero attached hydrogens (tertiary/aromatic N) is 1. The SMILES string of the molecule is C1=CC2=[N+]=C3C=CC=C[C@@H]3[C@H]2C=C1. The molecule has 0 spiro atoms. The zero-order valence-electron chi connectivity index (χ0n) is 7.22. The molecule has 0 aromatic carbocycles. The first-order chi connectivity index (χ1) is 6.45. The molecule has 0 saturated carbocycles. The molecular weight excluding hydrogens is 158 g/mol. The second-order valence-corrected chi connectivity index (χ2v) is 3.50. The smallest absolute Gasteiger partial charge is 0.0928 e. The van der Waals surface area contributed by atoms with Crippen molar-refractivity contribution in [3.05, 3.63) is 48.6 Å². The van der Waals surface area contributed by atoms with Crippen molar-refractivity contribution in [2.75, 3.05) is 0 Å². The van der Waals surface area contributed by atoms with Crippen LogP contribution in [0.5, 0.6) is 0 Å². The van der Waals surface area contributed by atoms with Gasteiger partial charge in [0.05, 0.1) is 11.8 Å². The fourth-order valence-electron chi connectivity index (χ4n) is 2.08. The van der Waals surface area contributed by atoms with E-state index in [1.807, 2.05) is 0 Å². The summed E-state index contributed by atoms with van der Waals surface area (Å²) in [4.78, 5) is 0. The molecule has 0 radical (unpaired) electrons. The van der Waals surface area contributed by atoms with Gasteiger partial charge in [0.15, 0.2) is 0 Å². The van der Waals surface area contributed by atoms with E-state index in [4.69, 9.17) is 0 Å². The fraction of sp³-hybridized carbons (Fsp3) is 0.167. The maximum Gasteiger partial charge on any atom is 0.312 e. The number of fused-ring (bicyclic) bond motifs is 3. The minimum absolute atomic E-state index is 0.487. The van der Waals surface area contributed by atoms with Gasteiger partial charge in [0.1, 0.15) is 0 Å². The van der Waals surface area contributed by atoms with Crippen molar-refractivity contribution in [1.29, 1.82) is 0 Å². The van der Waals surface area contributed by atoms with Crippen LogP contribution in [0.15, 0.2) is 48.6 Å². The van der Waals surface area contributed by atoms with E-state index in [0.717, 1.165) is 0 Å². The van der Waals surface area contributed by atoms with Crippen LogP contribution < -0.4 is 4.67 Å². The average molecular weight is 168 g/mol. The Morgan fingerprint density at radius 3 is 1.85 bits per heavy atom. The van der Waals surface area contributed by atoms with Crippen molar-refractivity contribution in [1.82, 2.24) is 4.67 Å². The highest BCUT2D eigenvalue weighted by molar-refractivity contribution is 6.13. The van der Waals surface area contributed by atoms with Crippen molar-refractivity contribution < 1.29 is 0 Å². The van der Waals surface area contributed by atoms with E-state index in [9.17, 15) is 0 Å². The molecule has 0 aromatic heterocycles. The summed E-state index contributed by atoms with van der Waals surface area (Å²) in [6.45, 7) is 0. The summed E-state index contributed by atoms with van der Waals surface area (Å²) in [6.07, 6.45) is 17.0. The Kier molecular flexibility index (Phi) is 1.29. The highest BCUT2D eigenvalue weighted by Gasteiger charge is 2.41. The maximum absolute atomic E-state index is 4.59. The highest BCUT2D eigenvalue weighted by atomic mass is 14.7. The molecule has 0 unspecified atom stereocenters. The van der Waals surface area contributed by atoms with Crippen molar-refractivity contribution in [2.45, 2.75) is 0 Å². The van der Waals surface area contributed by atoms with Crippen LogP contribution in [0, 0.1) is 11.8 Å². The quantitative estimate of drug-likeness (QED) is 0.486. The predicted molar refractivity (Wildman–Crippen MR) is 55.7 cm³/mol. The van der Waals surface area contributed by atoms with Gasteiger partial charge in [-0.3, -0.25) is 0 Å². The molecule has 0 amide bonds. The van der Waals surface area contributed by atoms with E-state index in [-0.39, 0.29) is 0 Å². The molecule has 3 rings (SSSR count). The van der Waals surface area contributed by atoms with Crippen LogP contribution in [0.3, 0.4) is 0 Å². The van der Waals surface area contributed by atoms with E-state index in [2.05, 4.69) is 53.3 Å². The van der Waals surface area contributed by atoms with E-state index in [1.54, 1.807) is 0 Å². The molecule has 0 bridgehead atoms. The third kappa shape index (κ3) is 0.912. The molecule has 0 aromatic rings. The summed E-state index contributed by atoms with van der Waals surface area (Å²) < 4.78 is 4.59.